The fraction of sp³-hybridized carbons (Fsp3) is 0.462. The predicted octanol–water partition coefficient (Wildman–Crippen LogP) is 3.67. The van der Waals surface area contributed by atoms with Crippen LogP contribution in [0.5, 0.6) is 5.75 Å². The van der Waals surface area contributed by atoms with Crippen molar-refractivity contribution in [2.45, 2.75) is 64.9 Å². The molecule has 2 aliphatic rings. The van der Waals surface area contributed by atoms with Gasteiger partial charge in [-0.1, -0.05) is 18.7 Å². The van der Waals surface area contributed by atoms with Crippen LogP contribution < -0.4 is 16.6 Å². The molecule has 1 saturated carbocycles. The molecule has 1 aromatic rings. The second-order valence-electron chi connectivity index (χ2n) is 9.19. The smallest absolute Gasteiger partial charge is 0.242 e. The molecule has 0 radical (unpaired) electrons. The van der Waals surface area contributed by atoms with Gasteiger partial charge in [-0.15, -0.1) is 0 Å². The van der Waals surface area contributed by atoms with Crippen LogP contribution in [0.4, 0.5) is 0 Å². The Kier molecular flexibility index (Phi) is 8.68. The van der Waals surface area contributed by atoms with E-state index in [2.05, 4.69) is 27.4 Å². The van der Waals surface area contributed by atoms with E-state index >= 15 is 0 Å². The van der Waals surface area contributed by atoms with Crippen LogP contribution in [0.15, 0.2) is 56.8 Å². The van der Waals surface area contributed by atoms with E-state index in [0.717, 1.165) is 49.1 Å². The molecule has 9 heteroatoms. The number of phenols is 1. The third-order valence-electron chi connectivity index (χ3n) is 6.41. The number of hydrogen-bond acceptors (Lipinski definition) is 7. The Morgan fingerprint density at radius 1 is 1.31 bits per heavy atom. The second kappa shape index (κ2) is 11.7. The standard InChI is InChI=1S/C26H36N6O3/c1-15(2)30-26-24(16(3)27)31-25(17(4)35-26)20-10-11-21(22(34)13-20)19-8-6-18(7-9-19)12-23(28-5)32-29-14-33/h10-11,13-14,17-19,34H,1,6-9,12,27H2,2-5H3,(H,28,32)(H,29,33)/b24-16-,30-26?. The molecule has 188 valence electrons. The summed E-state index contributed by atoms with van der Waals surface area (Å²) in [6.07, 6.45) is 5.06. The fourth-order valence-corrected chi connectivity index (χ4v) is 4.66. The van der Waals surface area contributed by atoms with Gasteiger partial charge in [0.1, 0.15) is 23.4 Å². The maximum absolute atomic E-state index is 10.9. The molecule has 0 spiro atoms. The first-order valence-corrected chi connectivity index (χ1v) is 11.9. The monoisotopic (exact) mass is 480 g/mol. The predicted molar refractivity (Wildman–Crippen MR) is 139 cm³/mol. The number of ether oxygens (including phenoxy) is 1. The lowest BCUT2D eigenvalue weighted by Crippen LogP contribution is -2.37. The van der Waals surface area contributed by atoms with Crippen LogP contribution >= 0.6 is 0 Å². The number of nitrogens with zero attached hydrogens (tertiary/aromatic N) is 3. The van der Waals surface area contributed by atoms with Gasteiger partial charge in [-0.3, -0.25) is 20.6 Å². The molecular weight excluding hydrogens is 444 g/mol. The quantitative estimate of drug-likeness (QED) is 0.204. The van der Waals surface area contributed by atoms with Gasteiger partial charge in [0.25, 0.3) is 0 Å². The molecule has 1 aliphatic heterocycles. The molecule has 35 heavy (non-hydrogen) atoms. The third-order valence-corrected chi connectivity index (χ3v) is 6.41. The summed E-state index contributed by atoms with van der Waals surface area (Å²) in [6.45, 7) is 9.25. The molecule has 1 heterocycles. The van der Waals surface area contributed by atoms with E-state index in [4.69, 9.17) is 15.5 Å². The van der Waals surface area contributed by atoms with Crippen LogP contribution in [-0.2, 0) is 9.53 Å². The molecular formula is C26H36N6O3. The number of aromatic hydroxyl groups is 1. The van der Waals surface area contributed by atoms with Crippen molar-refractivity contribution in [2.75, 3.05) is 7.05 Å². The van der Waals surface area contributed by atoms with E-state index in [0.29, 0.717) is 46.9 Å². The van der Waals surface area contributed by atoms with Crippen LogP contribution in [0.1, 0.15) is 69.9 Å². The van der Waals surface area contributed by atoms with Crippen LogP contribution in [0.2, 0.25) is 0 Å². The Hall–Kier alpha value is -3.62. The van der Waals surface area contributed by atoms with E-state index in [-0.39, 0.29) is 11.9 Å². The number of nitrogens with one attached hydrogen (secondary N) is 2. The van der Waals surface area contributed by atoms with Gasteiger partial charge in [-0.25, -0.2) is 9.98 Å². The summed E-state index contributed by atoms with van der Waals surface area (Å²) in [5.41, 5.74) is 15.4. The van der Waals surface area contributed by atoms with Crippen molar-refractivity contribution in [3.8, 4) is 5.75 Å². The highest BCUT2D eigenvalue weighted by atomic mass is 16.5. The van der Waals surface area contributed by atoms with Gasteiger partial charge in [-0.2, -0.15) is 0 Å². The molecule has 1 aromatic carbocycles. The van der Waals surface area contributed by atoms with Crippen molar-refractivity contribution in [3.63, 3.8) is 0 Å². The average molecular weight is 481 g/mol. The van der Waals surface area contributed by atoms with E-state index < -0.39 is 0 Å². The lowest BCUT2D eigenvalue weighted by Gasteiger charge is -2.30. The van der Waals surface area contributed by atoms with Crippen molar-refractivity contribution >= 4 is 23.9 Å². The second-order valence-corrected chi connectivity index (χ2v) is 9.19. The maximum Gasteiger partial charge on any atom is 0.242 e. The van der Waals surface area contributed by atoms with Gasteiger partial charge in [0.05, 0.1) is 5.71 Å². The molecule has 1 atom stereocenters. The SMILES string of the molecule is C=C(C)N=C1OC(C)C(c2ccc(C3CCC(CC(=NC)NNC=O)CC3)c(O)c2)=N/C1=C(/C)N. The Morgan fingerprint density at radius 2 is 2.03 bits per heavy atom. The lowest BCUT2D eigenvalue weighted by atomic mass is 9.77. The first-order valence-electron chi connectivity index (χ1n) is 11.9. The van der Waals surface area contributed by atoms with Crippen molar-refractivity contribution in [1.82, 2.24) is 10.9 Å². The van der Waals surface area contributed by atoms with Gasteiger partial charge < -0.3 is 15.6 Å². The number of aliphatic imine (C=N–C) groups is 3. The number of nitrogens with two attached hydrogens (primary N) is 1. The first kappa shape index (κ1) is 26.0. The van der Waals surface area contributed by atoms with Gasteiger partial charge in [0, 0.05) is 30.4 Å². The van der Waals surface area contributed by atoms with E-state index in [9.17, 15) is 9.90 Å². The summed E-state index contributed by atoms with van der Waals surface area (Å²) < 4.78 is 6.00. The van der Waals surface area contributed by atoms with E-state index in [1.807, 2.05) is 19.1 Å². The number of hydrazine groups is 1. The highest BCUT2D eigenvalue weighted by Gasteiger charge is 2.29. The zero-order valence-corrected chi connectivity index (χ0v) is 21.0. The summed E-state index contributed by atoms with van der Waals surface area (Å²) in [7, 11) is 1.71. The number of carbonyl (C=O) groups is 1. The van der Waals surface area contributed by atoms with Crippen LogP contribution in [0.3, 0.4) is 0 Å². The maximum atomic E-state index is 10.9. The van der Waals surface area contributed by atoms with E-state index in [1.165, 1.54) is 0 Å². The number of carbonyl (C=O) groups excluding carboxylic acids is 1. The number of allylic oxidation sites excluding steroid dienone is 2. The van der Waals surface area contributed by atoms with Gasteiger partial charge in [0.15, 0.2) is 0 Å². The lowest BCUT2D eigenvalue weighted by molar-refractivity contribution is -0.110. The summed E-state index contributed by atoms with van der Waals surface area (Å²) in [5, 5.41) is 10.9. The highest BCUT2D eigenvalue weighted by Crippen LogP contribution is 2.40. The van der Waals surface area contributed by atoms with Gasteiger partial charge in [0.2, 0.25) is 12.3 Å². The molecule has 9 nitrogen and oxygen atoms in total. The molecule has 1 aliphatic carbocycles. The Morgan fingerprint density at radius 3 is 2.60 bits per heavy atom. The molecule has 5 N–H and O–H groups in total. The number of amides is 1. The van der Waals surface area contributed by atoms with Gasteiger partial charge in [-0.05, 0) is 69.9 Å². The number of phenolic OH excluding ortho intramolecular Hbond substituents is 1. The van der Waals surface area contributed by atoms with Crippen molar-refractivity contribution in [2.24, 2.45) is 26.6 Å². The largest absolute Gasteiger partial charge is 0.508 e. The molecule has 3 rings (SSSR count). The normalized spacial score (nSPS) is 25.4. The van der Waals surface area contributed by atoms with Gasteiger partial charge >= 0.3 is 0 Å². The van der Waals surface area contributed by atoms with Crippen molar-refractivity contribution < 1.29 is 14.6 Å². The minimum absolute atomic E-state index is 0.268. The number of hydrogen-bond donors (Lipinski definition) is 4. The Balaban J connectivity index is 1.73. The summed E-state index contributed by atoms with van der Waals surface area (Å²) in [5.74, 6) is 2.18. The summed E-state index contributed by atoms with van der Waals surface area (Å²) in [4.78, 5) is 23.8. The fourth-order valence-electron chi connectivity index (χ4n) is 4.66. The first-order chi connectivity index (χ1) is 16.7. The Bertz CT molecular complexity index is 1080. The molecule has 0 saturated heterocycles. The molecule has 1 unspecified atom stereocenters. The molecule has 1 amide bonds. The van der Waals surface area contributed by atoms with Crippen molar-refractivity contribution in [1.29, 1.82) is 0 Å². The van der Waals surface area contributed by atoms with Crippen LogP contribution in [0, 0.1) is 5.92 Å². The summed E-state index contributed by atoms with van der Waals surface area (Å²) >= 11 is 0. The summed E-state index contributed by atoms with van der Waals surface area (Å²) in [6, 6.07) is 5.75. The molecule has 0 aromatic heterocycles. The highest BCUT2D eigenvalue weighted by molar-refractivity contribution is 6.11. The zero-order valence-electron chi connectivity index (χ0n) is 21.0. The number of rotatable bonds is 7. The molecule has 1 fully saturated rings. The topological polar surface area (TPSA) is 134 Å². The Labute approximate surface area is 207 Å². The number of amidine groups is 1. The minimum atomic E-state index is -0.353. The zero-order chi connectivity index (χ0) is 25.5. The average Bonchev–Trinajstić information content (AvgIpc) is 2.81. The van der Waals surface area contributed by atoms with Crippen molar-refractivity contribution in [3.05, 3.63) is 53.0 Å². The number of benzene rings is 1. The molecule has 0 bridgehead atoms. The van der Waals surface area contributed by atoms with Crippen LogP contribution in [-0.4, -0.2) is 42.1 Å². The third kappa shape index (κ3) is 6.49. The van der Waals surface area contributed by atoms with Crippen LogP contribution in [0.25, 0.3) is 0 Å². The minimum Gasteiger partial charge on any atom is -0.508 e. The van der Waals surface area contributed by atoms with E-state index in [1.54, 1.807) is 27.0 Å².